The Hall–Kier alpha value is -1.88. The average molecular weight is 273 g/mol. The Kier molecular flexibility index (Phi) is 2.78. The number of H-pyrrole nitrogens is 1. The van der Waals surface area contributed by atoms with E-state index in [0.717, 1.165) is 33.9 Å². The molecule has 0 unspecified atom stereocenters. The van der Waals surface area contributed by atoms with Crippen molar-refractivity contribution >= 4 is 17.0 Å². The van der Waals surface area contributed by atoms with Crippen molar-refractivity contribution in [1.29, 1.82) is 0 Å². The maximum atomic E-state index is 12.3. The van der Waals surface area contributed by atoms with Crippen LogP contribution in [0.3, 0.4) is 0 Å². The molecule has 0 bridgehead atoms. The van der Waals surface area contributed by atoms with Crippen molar-refractivity contribution in [2.75, 3.05) is 0 Å². The molecule has 0 fully saturated rings. The molecule has 4 nitrogen and oxygen atoms in total. The van der Waals surface area contributed by atoms with Crippen LogP contribution in [0, 0.1) is 13.8 Å². The van der Waals surface area contributed by atoms with Crippen LogP contribution < -0.4 is 5.56 Å². The van der Waals surface area contributed by atoms with Crippen LogP contribution in [0.2, 0.25) is 0 Å². The molecule has 0 spiro atoms. The highest BCUT2D eigenvalue weighted by molar-refractivity contribution is 7.13. The molecule has 0 aliphatic heterocycles. The van der Waals surface area contributed by atoms with Gasteiger partial charge in [0.25, 0.3) is 5.56 Å². The van der Waals surface area contributed by atoms with Crippen LogP contribution in [0.1, 0.15) is 23.9 Å². The molecule has 0 radical (unpaired) electrons. The summed E-state index contributed by atoms with van der Waals surface area (Å²) in [5.74, 6) is 0. The smallest absolute Gasteiger partial charge is 0.275 e. The summed E-state index contributed by atoms with van der Waals surface area (Å²) in [5, 5.41) is 5.23. The lowest BCUT2D eigenvalue weighted by atomic mass is 10.1. The second-order valence-electron chi connectivity index (χ2n) is 4.58. The Morgan fingerprint density at radius 1 is 1.42 bits per heavy atom. The molecule has 3 heterocycles. The SMILES string of the molecule is CCc1[nH]n2c(=O)c(C)c(C)nc2c1-c1cccs1. The topological polar surface area (TPSA) is 50.2 Å². The minimum Gasteiger partial charge on any atom is -0.293 e. The molecule has 0 atom stereocenters. The van der Waals surface area contributed by atoms with Gasteiger partial charge in [-0.3, -0.25) is 9.89 Å². The largest absolute Gasteiger partial charge is 0.293 e. The lowest BCUT2D eigenvalue weighted by Gasteiger charge is -2.01. The van der Waals surface area contributed by atoms with E-state index in [0.29, 0.717) is 5.56 Å². The van der Waals surface area contributed by atoms with E-state index in [-0.39, 0.29) is 5.56 Å². The Morgan fingerprint density at radius 2 is 2.21 bits per heavy atom. The quantitative estimate of drug-likeness (QED) is 0.780. The summed E-state index contributed by atoms with van der Waals surface area (Å²) in [6.07, 6.45) is 0.841. The Labute approximate surface area is 114 Å². The first-order valence-electron chi connectivity index (χ1n) is 6.28. The minimum atomic E-state index is -0.0139. The molecule has 0 aliphatic rings. The van der Waals surface area contributed by atoms with Gasteiger partial charge in [-0.05, 0) is 31.7 Å². The average Bonchev–Trinajstić information content (AvgIpc) is 3.02. The van der Waals surface area contributed by atoms with Crippen LogP contribution in [0.25, 0.3) is 16.1 Å². The zero-order valence-corrected chi connectivity index (χ0v) is 12.0. The fraction of sp³-hybridized carbons (Fsp3) is 0.286. The number of aryl methyl sites for hydroxylation is 2. The zero-order valence-electron chi connectivity index (χ0n) is 11.2. The summed E-state index contributed by atoms with van der Waals surface area (Å²) in [6.45, 7) is 5.77. The first-order chi connectivity index (χ1) is 9.13. The fourth-order valence-corrected chi connectivity index (χ4v) is 3.04. The monoisotopic (exact) mass is 273 g/mol. The van der Waals surface area contributed by atoms with E-state index in [9.17, 15) is 4.79 Å². The molecule has 98 valence electrons. The molecule has 1 N–H and O–H groups in total. The van der Waals surface area contributed by atoms with Gasteiger partial charge >= 0.3 is 0 Å². The van der Waals surface area contributed by atoms with Crippen molar-refractivity contribution < 1.29 is 0 Å². The van der Waals surface area contributed by atoms with E-state index < -0.39 is 0 Å². The number of nitrogens with one attached hydrogen (secondary N) is 1. The predicted molar refractivity (Wildman–Crippen MR) is 78.0 cm³/mol. The highest BCUT2D eigenvalue weighted by atomic mass is 32.1. The van der Waals surface area contributed by atoms with Crippen molar-refractivity contribution in [3.8, 4) is 10.4 Å². The van der Waals surface area contributed by atoms with Gasteiger partial charge in [-0.25, -0.2) is 9.50 Å². The third kappa shape index (κ3) is 1.73. The molecular formula is C14H15N3OS. The van der Waals surface area contributed by atoms with E-state index in [1.165, 1.54) is 0 Å². The number of hydrogen-bond donors (Lipinski definition) is 1. The summed E-state index contributed by atoms with van der Waals surface area (Å²) in [7, 11) is 0. The number of nitrogens with zero attached hydrogens (tertiary/aromatic N) is 2. The predicted octanol–water partition coefficient (Wildman–Crippen LogP) is 2.93. The maximum absolute atomic E-state index is 12.3. The van der Waals surface area contributed by atoms with Gasteiger partial charge in [-0.15, -0.1) is 11.3 Å². The second-order valence-corrected chi connectivity index (χ2v) is 5.53. The zero-order chi connectivity index (χ0) is 13.6. The molecule has 19 heavy (non-hydrogen) atoms. The van der Waals surface area contributed by atoms with Gasteiger partial charge in [-0.1, -0.05) is 13.0 Å². The molecule has 0 saturated carbocycles. The highest BCUT2D eigenvalue weighted by Crippen LogP contribution is 2.31. The molecule has 3 aromatic heterocycles. The van der Waals surface area contributed by atoms with E-state index >= 15 is 0 Å². The second kappa shape index (κ2) is 4.35. The van der Waals surface area contributed by atoms with Gasteiger partial charge < -0.3 is 0 Å². The number of thiophene rings is 1. The first kappa shape index (κ1) is 12.2. The summed E-state index contributed by atoms with van der Waals surface area (Å²) in [4.78, 5) is 18.0. The highest BCUT2D eigenvalue weighted by Gasteiger charge is 2.17. The van der Waals surface area contributed by atoms with E-state index in [1.54, 1.807) is 15.9 Å². The summed E-state index contributed by atoms with van der Waals surface area (Å²) >= 11 is 1.67. The van der Waals surface area contributed by atoms with Gasteiger partial charge in [0, 0.05) is 21.8 Å². The van der Waals surface area contributed by atoms with Gasteiger partial charge in [0.05, 0.1) is 5.56 Å². The Bertz CT molecular complexity index is 796. The number of fused-ring (bicyclic) bond motifs is 1. The molecule has 0 aromatic carbocycles. The summed E-state index contributed by atoms with van der Waals surface area (Å²) < 4.78 is 1.57. The molecule has 0 saturated heterocycles. The fourth-order valence-electron chi connectivity index (χ4n) is 2.24. The lowest BCUT2D eigenvalue weighted by molar-refractivity contribution is 0.841. The summed E-state index contributed by atoms with van der Waals surface area (Å²) in [6, 6.07) is 4.08. The molecule has 3 rings (SSSR count). The molecule has 5 heteroatoms. The molecule has 0 aliphatic carbocycles. The van der Waals surface area contributed by atoms with Gasteiger partial charge in [0.1, 0.15) is 0 Å². The summed E-state index contributed by atoms with van der Waals surface area (Å²) in [5.41, 5.74) is 4.31. The maximum Gasteiger partial charge on any atom is 0.275 e. The van der Waals surface area contributed by atoms with Crippen LogP contribution in [-0.4, -0.2) is 14.6 Å². The molecule has 0 amide bonds. The minimum absolute atomic E-state index is 0.0139. The Balaban J connectivity index is 2.47. The van der Waals surface area contributed by atoms with Crippen molar-refractivity contribution in [2.24, 2.45) is 0 Å². The van der Waals surface area contributed by atoms with Crippen LogP contribution >= 0.6 is 11.3 Å². The Morgan fingerprint density at radius 3 is 2.84 bits per heavy atom. The number of aromatic nitrogens is 3. The molecule has 3 aromatic rings. The number of rotatable bonds is 2. The van der Waals surface area contributed by atoms with Gasteiger partial charge in [0.15, 0.2) is 5.65 Å². The standard InChI is InChI=1S/C14H15N3OS/c1-4-10-12(11-6-5-7-19-11)13-15-9(3)8(2)14(18)17(13)16-10/h5-7,16H,4H2,1-3H3. The number of hydrogen-bond acceptors (Lipinski definition) is 3. The van der Waals surface area contributed by atoms with Crippen LogP contribution in [-0.2, 0) is 6.42 Å². The van der Waals surface area contributed by atoms with Crippen LogP contribution in [0.15, 0.2) is 22.3 Å². The van der Waals surface area contributed by atoms with Crippen molar-refractivity contribution in [3.63, 3.8) is 0 Å². The van der Waals surface area contributed by atoms with Gasteiger partial charge in [0.2, 0.25) is 0 Å². The lowest BCUT2D eigenvalue weighted by Crippen LogP contribution is -2.19. The molecular weight excluding hydrogens is 258 g/mol. The van der Waals surface area contributed by atoms with E-state index in [4.69, 9.17) is 0 Å². The van der Waals surface area contributed by atoms with Crippen molar-refractivity contribution in [3.05, 3.63) is 44.8 Å². The van der Waals surface area contributed by atoms with Crippen molar-refractivity contribution in [1.82, 2.24) is 14.6 Å². The first-order valence-corrected chi connectivity index (χ1v) is 7.16. The normalized spacial score (nSPS) is 11.3. The number of aromatic amines is 1. The van der Waals surface area contributed by atoms with Crippen LogP contribution in [0.4, 0.5) is 0 Å². The van der Waals surface area contributed by atoms with Crippen molar-refractivity contribution in [2.45, 2.75) is 27.2 Å². The van der Waals surface area contributed by atoms with Crippen LogP contribution in [0.5, 0.6) is 0 Å². The van der Waals surface area contributed by atoms with E-state index in [1.807, 2.05) is 25.3 Å². The third-order valence-electron chi connectivity index (χ3n) is 3.45. The third-order valence-corrected chi connectivity index (χ3v) is 4.33. The van der Waals surface area contributed by atoms with E-state index in [2.05, 4.69) is 23.1 Å². The van der Waals surface area contributed by atoms with Gasteiger partial charge in [-0.2, -0.15) is 0 Å².